The summed E-state index contributed by atoms with van der Waals surface area (Å²) in [5, 5.41) is 13.1. The number of nitrogens with zero attached hydrogens (tertiary/aromatic N) is 2. The molecule has 1 fully saturated rings. The first-order valence-corrected chi connectivity index (χ1v) is 7.93. The van der Waals surface area contributed by atoms with Gasteiger partial charge in [0.2, 0.25) is 5.89 Å². The lowest BCUT2D eigenvalue weighted by Crippen LogP contribution is -2.25. The van der Waals surface area contributed by atoms with Crippen molar-refractivity contribution in [1.29, 1.82) is 0 Å². The number of hydrogen-bond donors (Lipinski definition) is 1. The topological polar surface area (TPSA) is 76.2 Å². The van der Waals surface area contributed by atoms with Crippen LogP contribution in [0.15, 0.2) is 40.9 Å². The number of aliphatic carboxylic acids is 1. The number of aromatic nitrogens is 2. The van der Waals surface area contributed by atoms with E-state index in [4.69, 9.17) is 9.63 Å². The second-order valence-electron chi connectivity index (χ2n) is 6.99. The van der Waals surface area contributed by atoms with Crippen molar-refractivity contribution in [3.8, 4) is 0 Å². The zero-order valence-electron chi connectivity index (χ0n) is 14.2. The molecule has 0 atom stereocenters. The zero-order valence-corrected chi connectivity index (χ0v) is 14.2. The Kier molecular flexibility index (Phi) is 3.97. The minimum absolute atomic E-state index is 0.0907. The van der Waals surface area contributed by atoms with Crippen molar-refractivity contribution >= 4 is 5.97 Å². The molecule has 0 aliphatic heterocycles. The lowest BCUT2D eigenvalue weighted by atomic mass is 9.85. The maximum Gasteiger partial charge on any atom is 0.416 e. The Morgan fingerprint density at radius 1 is 1.23 bits per heavy atom. The van der Waals surface area contributed by atoms with E-state index in [2.05, 4.69) is 16.7 Å². The van der Waals surface area contributed by atoms with Crippen LogP contribution < -0.4 is 0 Å². The molecule has 0 saturated heterocycles. The molecule has 1 aliphatic carbocycles. The van der Waals surface area contributed by atoms with Crippen LogP contribution in [-0.2, 0) is 21.8 Å². The molecule has 1 N–H and O–H groups in total. The van der Waals surface area contributed by atoms with E-state index in [1.54, 1.807) is 13.8 Å². The molecule has 1 heterocycles. The van der Waals surface area contributed by atoms with Crippen molar-refractivity contribution in [2.24, 2.45) is 0 Å². The van der Waals surface area contributed by atoms with Crippen molar-refractivity contribution < 1.29 is 27.6 Å². The molecule has 5 nitrogen and oxygen atoms in total. The molecule has 0 radical (unpaired) electrons. The van der Waals surface area contributed by atoms with Gasteiger partial charge in [-0.3, -0.25) is 0 Å². The van der Waals surface area contributed by atoms with Crippen LogP contribution >= 0.6 is 0 Å². The van der Waals surface area contributed by atoms with Crippen LogP contribution in [0.2, 0.25) is 0 Å². The number of rotatable bonds is 5. The molecule has 0 bridgehead atoms. The third-order valence-corrected chi connectivity index (χ3v) is 4.92. The van der Waals surface area contributed by atoms with Gasteiger partial charge < -0.3 is 9.63 Å². The Morgan fingerprint density at radius 2 is 1.81 bits per heavy atom. The van der Waals surface area contributed by atoms with E-state index in [1.807, 2.05) is 0 Å². The van der Waals surface area contributed by atoms with Crippen LogP contribution in [0.3, 0.4) is 0 Å². The predicted octanol–water partition coefficient (Wildman–Crippen LogP) is 4.09. The van der Waals surface area contributed by atoms with Gasteiger partial charge in [-0.25, -0.2) is 4.79 Å². The quantitative estimate of drug-likeness (QED) is 0.807. The highest BCUT2D eigenvalue weighted by atomic mass is 19.4. The van der Waals surface area contributed by atoms with E-state index >= 15 is 0 Å². The first-order chi connectivity index (χ1) is 12.0. The minimum atomic E-state index is -4.39. The fourth-order valence-electron chi connectivity index (χ4n) is 2.81. The Hall–Kier alpha value is -2.64. The summed E-state index contributed by atoms with van der Waals surface area (Å²) in [6.45, 7) is 6.77. The highest BCUT2D eigenvalue weighted by Gasteiger charge is 2.51. The molecule has 138 valence electrons. The fraction of sp³-hybridized carbons (Fsp3) is 0.389. The molecule has 8 heteroatoms. The molecule has 2 aromatic rings. The van der Waals surface area contributed by atoms with Gasteiger partial charge in [-0.05, 0) is 44.4 Å². The maximum absolute atomic E-state index is 12.7. The van der Waals surface area contributed by atoms with Gasteiger partial charge in [0.15, 0.2) is 5.82 Å². The smallest absolute Gasteiger partial charge is 0.416 e. The molecule has 0 spiro atoms. The Labute approximate surface area is 147 Å². The SMILES string of the molecule is C=C(C(=O)O)C(C)(C)c1nc(C2(c3ccc(C(F)(F)F)cc3)CC2)no1. The number of carboxylic acids is 1. The molecule has 0 amide bonds. The molecule has 3 rings (SSSR count). The van der Waals surface area contributed by atoms with E-state index in [9.17, 15) is 18.0 Å². The second kappa shape index (κ2) is 5.69. The number of hydrogen-bond acceptors (Lipinski definition) is 4. The number of halogens is 3. The first-order valence-electron chi connectivity index (χ1n) is 7.93. The van der Waals surface area contributed by atoms with E-state index in [1.165, 1.54) is 12.1 Å². The lowest BCUT2D eigenvalue weighted by Gasteiger charge is -2.19. The summed E-state index contributed by atoms with van der Waals surface area (Å²) in [6.07, 6.45) is -3.04. The summed E-state index contributed by atoms with van der Waals surface area (Å²) in [5.74, 6) is -0.713. The van der Waals surface area contributed by atoms with E-state index < -0.39 is 28.5 Å². The summed E-state index contributed by atoms with van der Waals surface area (Å²) >= 11 is 0. The Balaban J connectivity index is 1.92. The number of carboxylic acid groups (broad SMARTS) is 1. The van der Waals surface area contributed by atoms with Crippen molar-refractivity contribution in [3.05, 3.63) is 59.3 Å². The van der Waals surface area contributed by atoms with Gasteiger partial charge in [0, 0.05) is 5.57 Å². The fourth-order valence-corrected chi connectivity index (χ4v) is 2.81. The standard InChI is InChI=1S/C18H17F3N2O3/c1-10(13(24)25)16(2,3)15-22-14(23-26-15)17(8-9-17)11-4-6-12(7-5-11)18(19,20)21/h4-7H,1,8-9H2,2-3H3,(H,24,25). The van der Waals surface area contributed by atoms with Gasteiger partial charge in [-0.2, -0.15) is 18.2 Å². The molecule has 1 aromatic carbocycles. The predicted molar refractivity (Wildman–Crippen MR) is 85.6 cm³/mol. The van der Waals surface area contributed by atoms with Crippen LogP contribution in [0.1, 0.15) is 49.5 Å². The van der Waals surface area contributed by atoms with Gasteiger partial charge in [0.05, 0.1) is 16.4 Å². The van der Waals surface area contributed by atoms with Crippen LogP contribution in [0.25, 0.3) is 0 Å². The van der Waals surface area contributed by atoms with Crippen LogP contribution in [0, 0.1) is 0 Å². The zero-order chi connectivity index (χ0) is 19.3. The number of benzene rings is 1. The molecular formula is C18H17F3N2O3. The summed E-state index contributed by atoms with van der Waals surface area (Å²) < 4.78 is 43.5. The average Bonchev–Trinajstić information content (AvgIpc) is 3.22. The number of alkyl halides is 3. The van der Waals surface area contributed by atoms with Gasteiger partial charge in [0.1, 0.15) is 0 Å². The summed E-state index contributed by atoms with van der Waals surface area (Å²) in [6, 6.07) is 4.92. The van der Waals surface area contributed by atoms with Crippen molar-refractivity contribution in [2.45, 2.75) is 43.7 Å². The molecule has 0 unspecified atom stereocenters. The van der Waals surface area contributed by atoms with Crippen LogP contribution in [0.5, 0.6) is 0 Å². The molecule has 1 saturated carbocycles. The Morgan fingerprint density at radius 3 is 2.27 bits per heavy atom. The van der Waals surface area contributed by atoms with Gasteiger partial charge in [0.25, 0.3) is 0 Å². The Bertz CT molecular complexity index is 863. The third-order valence-electron chi connectivity index (χ3n) is 4.92. The van der Waals surface area contributed by atoms with Crippen molar-refractivity contribution in [1.82, 2.24) is 10.1 Å². The summed E-state index contributed by atoms with van der Waals surface area (Å²) in [4.78, 5) is 15.5. The highest BCUT2D eigenvalue weighted by Crippen LogP contribution is 2.53. The van der Waals surface area contributed by atoms with Crippen LogP contribution in [-0.4, -0.2) is 21.2 Å². The largest absolute Gasteiger partial charge is 0.478 e. The maximum atomic E-state index is 12.7. The van der Waals surface area contributed by atoms with Gasteiger partial charge >= 0.3 is 12.1 Å². The first kappa shape index (κ1) is 18.2. The van der Waals surface area contributed by atoms with E-state index in [0.717, 1.165) is 12.1 Å². The highest BCUT2D eigenvalue weighted by molar-refractivity contribution is 5.88. The van der Waals surface area contributed by atoms with Crippen molar-refractivity contribution in [2.75, 3.05) is 0 Å². The third kappa shape index (κ3) is 2.89. The van der Waals surface area contributed by atoms with Crippen LogP contribution in [0.4, 0.5) is 13.2 Å². The molecule has 1 aliphatic rings. The van der Waals surface area contributed by atoms with Crippen molar-refractivity contribution in [3.63, 3.8) is 0 Å². The summed E-state index contributed by atoms with van der Waals surface area (Å²) in [7, 11) is 0. The van der Waals surface area contributed by atoms with Gasteiger partial charge in [-0.1, -0.05) is 23.9 Å². The molecular weight excluding hydrogens is 349 g/mol. The molecule has 26 heavy (non-hydrogen) atoms. The summed E-state index contributed by atoms with van der Waals surface area (Å²) in [5.41, 5.74) is -1.79. The average molecular weight is 366 g/mol. The van der Waals surface area contributed by atoms with E-state index in [-0.39, 0.29) is 11.5 Å². The number of carbonyl (C=O) groups is 1. The second-order valence-corrected chi connectivity index (χ2v) is 6.99. The normalized spacial score (nSPS) is 16.3. The van der Waals surface area contributed by atoms with E-state index in [0.29, 0.717) is 24.2 Å². The monoisotopic (exact) mass is 366 g/mol. The minimum Gasteiger partial charge on any atom is -0.478 e. The molecule has 1 aromatic heterocycles. The van der Waals surface area contributed by atoms with Gasteiger partial charge in [-0.15, -0.1) is 0 Å². The lowest BCUT2D eigenvalue weighted by molar-refractivity contribution is -0.137.